The summed E-state index contributed by atoms with van der Waals surface area (Å²) in [4.78, 5) is 30.1. The lowest BCUT2D eigenvalue weighted by Gasteiger charge is -2.30. The zero-order valence-corrected chi connectivity index (χ0v) is 23.9. The second-order valence-electron chi connectivity index (χ2n) is 10.7. The van der Waals surface area contributed by atoms with Crippen LogP contribution in [0, 0.1) is 6.92 Å². The molecule has 0 saturated carbocycles. The highest BCUT2D eigenvalue weighted by molar-refractivity contribution is 6.33. The Bertz CT molecular complexity index is 1810. The third kappa shape index (κ3) is 5.02. The third-order valence-corrected chi connectivity index (χ3v) is 8.25. The van der Waals surface area contributed by atoms with E-state index in [-0.39, 0.29) is 11.6 Å². The maximum absolute atomic E-state index is 14.1. The Hall–Kier alpha value is -4.25. The number of benzene rings is 2. The minimum Gasteiger partial charge on any atom is -0.451 e. The van der Waals surface area contributed by atoms with Gasteiger partial charge in [-0.15, -0.1) is 0 Å². The van der Waals surface area contributed by atoms with Crippen molar-refractivity contribution in [1.82, 2.24) is 24.8 Å². The van der Waals surface area contributed by atoms with Gasteiger partial charge in [-0.05, 0) is 54.8 Å². The van der Waals surface area contributed by atoms with Gasteiger partial charge < -0.3 is 24.7 Å². The molecular formula is C31H30ClN7O3. The van der Waals surface area contributed by atoms with Gasteiger partial charge in [-0.3, -0.25) is 9.36 Å². The summed E-state index contributed by atoms with van der Waals surface area (Å²) < 4.78 is 12.6. The third-order valence-electron chi connectivity index (χ3n) is 7.95. The van der Waals surface area contributed by atoms with E-state index in [1.165, 1.54) is 6.39 Å². The summed E-state index contributed by atoms with van der Waals surface area (Å²) in [6.07, 6.45) is 5.51. The molecule has 2 aliphatic rings. The Morgan fingerprint density at radius 2 is 1.95 bits per heavy atom. The first-order valence-corrected chi connectivity index (χ1v) is 14.4. The number of oxazole rings is 1. The van der Waals surface area contributed by atoms with Crippen molar-refractivity contribution in [3.63, 3.8) is 0 Å². The van der Waals surface area contributed by atoms with E-state index in [2.05, 4.69) is 25.5 Å². The molecule has 5 heterocycles. The van der Waals surface area contributed by atoms with E-state index < -0.39 is 0 Å². The molecule has 11 heteroatoms. The van der Waals surface area contributed by atoms with E-state index in [0.29, 0.717) is 35.4 Å². The zero-order chi connectivity index (χ0) is 28.6. The number of hydrogen-bond acceptors (Lipinski definition) is 9. The number of nitrogens with one attached hydrogen (secondary N) is 2. The van der Waals surface area contributed by atoms with Crippen LogP contribution in [-0.4, -0.2) is 58.9 Å². The number of halogens is 1. The fourth-order valence-corrected chi connectivity index (χ4v) is 6.09. The maximum Gasteiger partial charge on any atom is 0.260 e. The van der Waals surface area contributed by atoms with Gasteiger partial charge in [-0.25, -0.2) is 9.97 Å². The van der Waals surface area contributed by atoms with Crippen LogP contribution >= 0.6 is 11.6 Å². The average molecular weight is 584 g/mol. The molecule has 0 spiro atoms. The Balaban J connectivity index is 1.26. The molecule has 42 heavy (non-hydrogen) atoms. The van der Waals surface area contributed by atoms with Crippen LogP contribution in [0.15, 0.2) is 70.5 Å². The lowest BCUT2D eigenvalue weighted by Crippen LogP contribution is -2.43. The molecule has 0 radical (unpaired) electrons. The van der Waals surface area contributed by atoms with Crippen LogP contribution in [0.1, 0.15) is 18.0 Å². The first kappa shape index (κ1) is 26.6. The number of piperazine rings is 1. The van der Waals surface area contributed by atoms with Crippen molar-refractivity contribution < 1.29 is 9.15 Å². The fourth-order valence-electron chi connectivity index (χ4n) is 5.79. The lowest BCUT2D eigenvalue weighted by atomic mass is 9.97. The summed E-state index contributed by atoms with van der Waals surface area (Å²) in [7, 11) is 0. The van der Waals surface area contributed by atoms with Crippen LogP contribution in [0.2, 0.25) is 5.02 Å². The highest BCUT2D eigenvalue weighted by Gasteiger charge is 2.24. The molecule has 2 N–H and O–H groups in total. The monoisotopic (exact) mass is 583 g/mol. The lowest BCUT2D eigenvalue weighted by molar-refractivity contribution is 0.186. The number of pyridine rings is 1. The summed E-state index contributed by atoms with van der Waals surface area (Å²) in [6, 6.07) is 13.6. The fraction of sp³-hybridized carbons (Fsp3) is 0.290. The van der Waals surface area contributed by atoms with Crippen molar-refractivity contribution in [2.45, 2.75) is 19.4 Å². The van der Waals surface area contributed by atoms with E-state index in [1.54, 1.807) is 17.0 Å². The quantitative estimate of drug-likeness (QED) is 0.279. The van der Waals surface area contributed by atoms with Gasteiger partial charge in [0, 0.05) is 61.2 Å². The summed E-state index contributed by atoms with van der Waals surface area (Å²) >= 11 is 6.67. The minimum atomic E-state index is -0.120. The molecular weight excluding hydrogens is 554 g/mol. The van der Waals surface area contributed by atoms with Crippen molar-refractivity contribution in [2.24, 2.45) is 0 Å². The molecule has 2 fully saturated rings. The molecule has 5 aromatic rings. The number of rotatable bonds is 6. The number of fused-ring (bicyclic) bond motifs is 1. The van der Waals surface area contributed by atoms with Gasteiger partial charge in [-0.1, -0.05) is 23.7 Å². The molecule has 2 saturated heterocycles. The number of anilines is 3. The highest BCUT2D eigenvalue weighted by Crippen LogP contribution is 2.32. The van der Waals surface area contributed by atoms with Gasteiger partial charge in [0.1, 0.15) is 17.6 Å². The van der Waals surface area contributed by atoms with Crippen molar-refractivity contribution in [3.8, 4) is 22.4 Å². The van der Waals surface area contributed by atoms with Crippen molar-refractivity contribution in [3.05, 3.63) is 82.3 Å². The molecule has 214 valence electrons. The van der Waals surface area contributed by atoms with Gasteiger partial charge in [0.15, 0.2) is 6.39 Å². The largest absolute Gasteiger partial charge is 0.451 e. The Morgan fingerprint density at radius 1 is 1.07 bits per heavy atom. The van der Waals surface area contributed by atoms with E-state index in [1.807, 2.05) is 49.4 Å². The maximum atomic E-state index is 14.1. The van der Waals surface area contributed by atoms with Gasteiger partial charge in [0.2, 0.25) is 5.95 Å². The van der Waals surface area contributed by atoms with Crippen LogP contribution in [0.25, 0.3) is 33.4 Å². The summed E-state index contributed by atoms with van der Waals surface area (Å²) in [6.45, 7) is 6.75. The predicted octanol–water partition coefficient (Wildman–Crippen LogP) is 5.19. The minimum absolute atomic E-state index is 0.108. The standard InChI is InChI=1S/C31H30ClN7O3/c1-19-12-20(27-17-42-18-35-27)2-4-24(19)25-13-21-15-34-31(37-29(21)39(30(25)40)23-6-11-41-16-23)36-22-3-5-28(26(32)14-22)38-9-7-33-8-10-38/h2-5,12-15,17-18,23,33H,6-11,16H2,1H3,(H,34,36,37). The summed E-state index contributed by atoms with van der Waals surface area (Å²) in [5.41, 5.74) is 6.32. The Labute approximate surface area is 247 Å². The number of aromatic nitrogens is 4. The van der Waals surface area contributed by atoms with Gasteiger partial charge >= 0.3 is 0 Å². The van der Waals surface area contributed by atoms with Gasteiger partial charge in [-0.2, -0.15) is 4.98 Å². The molecule has 0 bridgehead atoms. The zero-order valence-electron chi connectivity index (χ0n) is 23.1. The molecule has 0 amide bonds. The van der Waals surface area contributed by atoms with Crippen molar-refractivity contribution in [2.75, 3.05) is 49.6 Å². The van der Waals surface area contributed by atoms with E-state index in [4.69, 9.17) is 25.7 Å². The van der Waals surface area contributed by atoms with E-state index in [0.717, 1.165) is 71.7 Å². The molecule has 2 aliphatic heterocycles. The topological polar surface area (TPSA) is 110 Å². The van der Waals surface area contributed by atoms with E-state index in [9.17, 15) is 4.79 Å². The van der Waals surface area contributed by atoms with E-state index >= 15 is 0 Å². The molecule has 1 unspecified atom stereocenters. The first-order chi connectivity index (χ1) is 20.5. The van der Waals surface area contributed by atoms with Crippen LogP contribution in [0.5, 0.6) is 0 Å². The average Bonchev–Trinajstić information content (AvgIpc) is 3.73. The number of aryl methyl sites for hydroxylation is 1. The van der Waals surface area contributed by atoms with Gasteiger partial charge in [0.05, 0.1) is 23.4 Å². The van der Waals surface area contributed by atoms with Crippen LogP contribution in [-0.2, 0) is 4.74 Å². The van der Waals surface area contributed by atoms with Gasteiger partial charge in [0.25, 0.3) is 5.56 Å². The van der Waals surface area contributed by atoms with Crippen LogP contribution < -0.4 is 21.1 Å². The molecule has 7 rings (SSSR count). The SMILES string of the molecule is Cc1cc(-c2cocn2)ccc1-c1cc2cnc(Nc3ccc(N4CCNCC4)c(Cl)c3)nc2n(C2CCOC2)c1=O. The normalized spacial score (nSPS) is 17.2. The summed E-state index contributed by atoms with van der Waals surface area (Å²) in [5, 5.41) is 8.08. The number of nitrogens with zero attached hydrogens (tertiary/aromatic N) is 5. The number of ether oxygens (including phenoxy) is 1. The number of hydrogen-bond donors (Lipinski definition) is 2. The Kier molecular flexibility index (Phi) is 7.10. The Morgan fingerprint density at radius 3 is 2.69 bits per heavy atom. The smallest absolute Gasteiger partial charge is 0.260 e. The molecule has 10 nitrogen and oxygen atoms in total. The molecule has 3 aromatic heterocycles. The van der Waals surface area contributed by atoms with Crippen LogP contribution in [0.3, 0.4) is 0 Å². The van der Waals surface area contributed by atoms with Crippen molar-refractivity contribution >= 4 is 40.0 Å². The predicted molar refractivity (Wildman–Crippen MR) is 164 cm³/mol. The van der Waals surface area contributed by atoms with Crippen LogP contribution in [0.4, 0.5) is 17.3 Å². The summed E-state index contributed by atoms with van der Waals surface area (Å²) in [5.74, 6) is 0.390. The molecule has 0 aliphatic carbocycles. The highest BCUT2D eigenvalue weighted by atomic mass is 35.5. The molecule has 1 atom stereocenters. The first-order valence-electron chi connectivity index (χ1n) is 14.1. The van der Waals surface area contributed by atoms with Crippen molar-refractivity contribution in [1.29, 1.82) is 0 Å². The second kappa shape index (κ2) is 11.2. The molecule has 2 aromatic carbocycles. The second-order valence-corrected chi connectivity index (χ2v) is 11.1.